The monoisotopic (exact) mass is 360 g/mol. The number of thiazole rings is 1. The number of carbonyl (C=O) groups is 1. The molecule has 0 radical (unpaired) electrons. The summed E-state index contributed by atoms with van der Waals surface area (Å²) in [4.78, 5) is 23.0. The fraction of sp³-hybridized carbons (Fsp3) is 0.667. The molecule has 5 heterocycles. The van der Waals surface area contributed by atoms with Gasteiger partial charge in [-0.25, -0.2) is 4.98 Å². The van der Waals surface area contributed by atoms with E-state index >= 15 is 0 Å². The van der Waals surface area contributed by atoms with E-state index in [0.29, 0.717) is 5.69 Å². The zero-order valence-electron chi connectivity index (χ0n) is 14.4. The second kappa shape index (κ2) is 6.07. The van der Waals surface area contributed by atoms with Crippen molar-refractivity contribution in [2.75, 3.05) is 32.8 Å². The fourth-order valence-electron chi connectivity index (χ4n) is 4.34. The molecule has 5 rings (SSSR count). The van der Waals surface area contributed by atoms with Crippen LogP contribution in [0.1, 0.15) is 48.3 Å². The number of imidazole rings is 1. The Kier molecular flexibility index (Phi) is 3.83. The zero-order chi connectivity index (χ0) is 16.9. The molecule has 3 aliphatic heterocycles. The summed E-state index contributed by atoms with van der Waals surface area (Å²) in [5.41, 5.74) is 1.88. The summed E-state index contributed by atoms with van der Waals surface area (Å²) in [6, 6.07) is 0. The number of hydrogen-bond donors (Lipinski definition) is 0. The highest BCUT2D eigenvalue weighted by Crippen LogP contribution is 2.37. The molecular formula is C18H24N4O2S. The summed E-state index contributed by atoms with van der Waals surface area (Å²) < 4.78 is 7.94. The van der Waals surface area contributed by atoms with Gasteiger partial charge in [-0.1, -0.05) is 0 Å². The molecular weight excluding hydrogens is 336 g/mol. The van der Waals surface area contributed by atoms with E-state index in [2.05, 4.69) is 14.3 Å². The number of hydrogen-bond acceptors (Lipinski definition) is 5. The molecule has 3 saturated heterocycles. The van der Waals surface area contributed by atoms with Crippen molar-refractivity contribution >= 4 is 22.2 Å². The number of amides is 1. The number of fused-ring (bicyclic) bond motifs is 1. The molecule has 0 unspecified atom stereocenters. The quantitative estimate of drug-likeness (QED) is 0.843. The average molecular weight is 360 g/mol. The largest absolute Gasteiger partial charge is 0.375 e. The molecule has 1 amide bonds. The van der Waals surface area contributed by atoms with E-state index in [-0.39, 0.29) is 11.5 Å². The third-order valence-corrected chi connectivity index (χ3v) is 6.82. The van der Waals surface area contributed by atoms with E-state index in [0.717, 1.165) is 75.7 Å². The lowest BCUT2D eigenvalue weighted by atomic mass is 9.84. The molecule has 0 aromatic carbocycles. The van der Waals surface area contributed by atoms with Crippen LogP contribution >= 0.6 is 11.3 Å². The minimum absolute atomic E-state index is 0.110. The Balaban J connectivity index is 1.38. The number of piperidine rings is 1. The molecule has 6 nitrogen and oxygen atoms in total. The summed E-state index contributed by atoms with van der Waals surface area (Å²) in [6.45, 7) is 5.53. The van der Waals surface area contributed by atoms with Crippen molar-refractivity contribution in [1.29, 1.82) is 0 Å². The number of nitrogens with zero attached hydrogens (tertiary/aromatic N) is 4. The zero-order valence-corrected chi connectivity index (χ0v) is 15.3. The van der Waals surface area contributed by atoms with Gasteiger partial charge < -0.3 is 9.64 Å². The molecule has 0 aliphatic carbocycles. The van der Waals surface area contributed by atoms with Crippen molar-refractivity contribution in [3.8, 4) is 0 Å². The van der Waals surface area contributed by atoms with Gasteiger partial charge in [0.25, 0.3) is 5.91 Å². The molecule has 0 saturated carbocycles. The van der Waals surface area contributed by atoms with E-state index in [1.807, 2.05) is 16.5 Å². The van der Waals surface area contributed by atoms with Gasteiger partial charge in [0.2, 0.25) is 0 Å². The molecule has 134 valence electrons. The minimum Gasteiger partial charge on any atom is -0.375 e. The highest BCUT2D eigenvalue weighted by atomic mass is 32.1. The standard InChI is InChI=1S/C18H24N4O2S/c23-16(21-6-1-2-7-21)15-14(22-10-12-25-17(22)19-15)13-20-8-3-18(4-9-20)5-11-24-18/h10,12H,1-9,11,13H2. The Bertz CT molecular complexity index is 778. The topological polar surface area (TPSA) is 50.1 Å². The van der Waals surface area contributed by atoms with Crippen molar-refractivity contribution < 1.29 is 9.53 Å². The third kappa shape index (κ3) is 2.69. The summed E-state index contributed by atoms with van der Waals surface area (Å²) >= 11 is 1.60. The predicted octanol–water partition coefficient (Wildman–Crippen LogP) is 2.39. The Morgan fingerprint density at radius 3 is 2.64 bits per heavy atom. The number of rotatable bonds is 3. The van der Waals surface area contributed by atoms with Crippen molar-refractivity contribution in [3.63, 3.8) is 0 Å². The van der Waals surface area contributed by atoms with Crippen LogP contribution < -0.4 is 0 Å². The van der Waals surface area contributed by atoms with Crippen LogP contribution in [-0.4, -0.2) is 63.5 Å². The van der Waals surface area contributed by atoms with Crippen LogP contribution in [0.15, 0.2) is 11.6 Å². The smallest absolute Gasteiger partial charge is 0.274 e. The van der Waals surface area contributed by atoms with Gasteiger partial charge >= 0.3 is 0 Å². The summed E-state index contributed by atoms with van der Waals surface area (Å²) in [7, 11) is 0. The Morgan fingerprint density at radius 2 is 1.96 bits per heavy atom. The first-order valence-electron chi connectivity index (χ1n) is 9.34. The highest BCUT2D eigenvalue weighted by molar-refractivity contribution is 7.15. The van der Waals surface area contributed by atoms with E-state index in [9.17, 15) is 4.79 Å². The molecule has 2 aromatic rings. The first-order valence-corrected chi connectivity index (χ1v) is 10.2. The van der Waals surface area contributed by atoms with Crippen LogP contribution in [0.25, 0.3) is 4.96 Å². The number of aromatic nitrogens is 2. The maximum atomic E-state index is 13.0. The van der Waals surface area contributed by atoms with Crippen LogP contribution in [0.4, 0.5) is 0 Å². The Morgan fingerprint density at radius 1 is 1.20 bits per heavy atom. The first kappa shape index (κ1) is 15.8. The molecule has 25 heavy (non-hydrogen) atoms. The molecule has 7 heteroatoms. The SMILES string of the molecule is O=C(c1nc2sccn2c1CN1CCC2(CCO2)CC1)N1CCCC1. The van der Waals surface area contributed by atoms with Crippen LogP contribution in [0.2, 0.25) is 0 Å². The lowest BCUT2D eigenvalue weighted by Crippen LogP contribution is -2.52. The molecule has 0 atom stereocenters. The predicted molar refractivity (Wildman–Crippen MR) is 96.0 cm³/mol. The van der Waals surface area contributed by atoms with E-state index < -0.39 is 0 Å². The molecule has 3 fully saturated rings. The Hall–Kier alpha value is -1.44. The fourth-order valence-corrected chi connectivity index (χ4v) is 5.07. The third-order valence-electron chi connectivity index (χ3n) is 6.06. The highest BCUT2D eigenvalue weighted by Gasteiger charge is 2.41. The van der Waals surface area contributed by atoms with Crippen molar-refractivity contribution in [1.82, 2.24) is 19.2 Å². The van der Waals surface area contributed by atoms with Gasteiger partial charge in [-0.2, -0.15) is 0 Å². The van der Waals surface area contributed by atoms with Gasteiger partial charge in [-0.05, 0) is 32.1 Å². The van der Waals surface area contributed by atoms with Crippen molar-refractivity contribution in [3.05, 3.63) is 23.0 Å². The van der Waals surface area contributed by atoms with Gasteiger partial charge in [-0.15, -0.1) is 11.3 Å². The van der Waals surface area contributed by atoms with Gasteiger partial charge in [0.05, 0.1) is 17.9 Å². The molecule has 2 aromatic heterocycles. The summed E-state index contributed by atoms with van der Waals surface area (Å²) in [5.74, 6) is 0.110. The van der Waals surface area contributed by atoms with Crippen LogP contribution in [0.5, 0.6) is 0 Å². The normalized spacial score (nSPS) is 23.4. The Labute approximate surface area is 151 Å². The van der Waals surface area contributed by atoms with Crippen molar-refractivity contribution in [2.24, 2.45) is 0 Å². The number of likely N-dealkylation sites (tertiary alicyclic amines) is 2. The molecule has 1 spiro atoms. The van der Waals surface area contributed by atoms with Crippen molar-refractivity contribution in [2.45, 2.75) is 44.2 Å². The summed E-state index contributed by atoms with van der Waals surface area (Å²) in [5, 5.41) is 2.04. The van der Waals surface area contributed by atoms with Crippen LogP contribution in [-0.2, 0) is 11.3 Å². The molecule has 0 bridgehead atoms. The molecule has 0 N–H and O–H groups in total. The van der Waals surface area contributed by atoms with Gasteiger partial charge in [-0.3, -0.25) is 14.1 Å². The lowest BCUT2D eigenvalue weighted by Gasteiger charge is -2.47. The lowest BCUT2D eigenvalue weighted by molar-refractivity contribution is -0.173. The first-order chi connectivity index (χ1) is 12.2. The van der Waals surface area contributed by atoms with Gasteiger partial charge in [0.1, 0.15) is 0 Å². The van der Waals surface area contributed by atoms with E-state index in [1.54, 1.807) is 11.3 Å². The maximum Gasteiger partial charge on any atom is 0.274 e. The molecule has 3 aliphatic rings. The number of carbonyl (C=O) groups excluding carboxylic acids is 1. The van der Waals surface area contributed by atoms with Gasteiger partial charge in [0.15, 0.2) is 10.7 Å². The summed E-state index contributed by atoms with van der Waals surface area (Å²) in [6.07, 6.45) is 7.68. The van der Waals surface area contributed by atoms with E-state index in [4.69, 9.17) is 4.74 Å². The second-order valence-corrected chi connectivity index (χ2v) is 8.39. The van der Waals surface area contributed by atoms with E-state index in [1.165, 1.54) is 6.42 Å². The number of ether oxygens (including phenoxy) is 1. The maximum absolute atomic E-state index is 13.0. The average Bonchev–Trinajstić information content (AvgIpc) is 3.32. The van der Waals surface area contributed by atoms with Crippen LogP contribution in [0.3, 0.4) is 0 Å². The minimum atomic E-state index is 0.110. The van der Waals surface area contributed by atoms with Crippen LogP contribution in [0, 0.1) is 0 Å². The van der Waals surface area contributed by atoms with Gasteiger partial charge in [0, 0.05) is 44.3 Å². The second-order valence-electron chi connectivity index (χ2n) is 7.52.